The fourth-order valence-corrected chi connectivity index (χ4v) is 3.35. The molecule has 1 unspecified atom stereocenters. The van der Waals surface area contributed by atoms with E-state index in [1.165, 1.54) is 18.6 Å². The number of pyridine rings is 1. The van der Waals surface area contributed by atoms with Gasteiger partial charge in [-0.15, -0.1) is 11.3 Å². The van der Waals surface area contributed by atoms with E-state index in [9.17, 15) is 4.79 Å². The van der Waals surface area contributed by atoms with E-state index in [1.54, 1.807) is 6.20 Å². The van der Waals surface area contributed by atoms with Crippen LogP contribution in [0.5, 0.6) is 5.88 Å². The molecular weight excluding hydrogens is 462 g/mol. The van der Waals surface area contributed by atoms with E-state index in [0.717, 1.165) is 21.5 Å². The molecule has 0 spiro atoms. The molecule has 0 bridgehead atoms. The smallest absolute Gasteiger partial charge is 0.365 e. The third-order valence-electron chi connectivity index (χ3n) is 3.66. The fourth-order valence-electron chi connectivity index (χ4n) is 2.29. The second kappa shape index (κ2) is 10.3. The summed E-state index contributed by atoms with van der Waals surface area (Å²) in [5.74, 6) is -0.722. The van der Waals surface area contributed by atoms with Gasteiger partial charge in [-0.1, -0.05) is 15.9 Å². The lowest BCUT2D eigenvalue weighted by Gasteiger charge is -2.12. The number of aromatic carboxylic acids is 1. The summed E-state index contributed by atoms with van der Waals surface area (Å²) in [6.07, 6.45) is 6.83. The number of ether oxygens (including phenoxy) is 2. The number of carboxylic acid groups (broad SMARTS) is 1. The summed E-state index contributed by atoms with van der Waals surface area (Å²) in [6.45, 7) is 1.23. The molecule has 3 N–H and O–H groups in total. The van der Waals surface area contributed by atoms with Crippen molar-refractivity contribution in [2.45, 2.75) is 12.5 Å². The maximum atomic E-state index is 10.9. The second-order valence-electron chi connectivity index (χ2n) is 5.86. The number of hydrogen-bond acceptors (Lipinski definition) is 9. The molecule has 0 saturated carbocycles. The summed E-state index contributed by atoms with van der Waals surface area (Å²) in [7, 11) is 0. The Bertz CT molecular complexity index is 971. The van der Waals surface area contributed by atoms with Crippen LogP contribution >= 0.6 is 27.3 Å². The summed E-state index contributed by atoms with van der Waals surface area (Å²) in [5, 5.41) is 8.96. The zero-order valence-electron chi connectivity index (χ0n) is 15.2. The van der Waals surface area contributed by atoms with Crippen LogP contribution < -0.4 is 10.5 Å². The van der Waals surface area contributed by atoms with Gasteiger partial charge in [-0.3, -0.25) is 9.97 Å². The highest BCUT2D eigenvalue weighted by Crippen LogP contribution is 2.25. The maximum absolute atomic E-state index is 10.9. The lowest BCUT2D eigenvalue weighted by atomic mass is 10.2. The number of aromatic nitrogens is 4. The van der Waals surface area contributed by atoms with Gasteiger partial charge in [-0.05, 0) is 12.1 Å². The van der Waals surface area contributed by atoms with E-state index in [1.807, 2.05) is 12.1 Å². The minimum atomic E-state index is -1.07. The summed E-state index contributed by atoms with van der Waals surface area (Å²) < 4.78 is 12.1. The quantitative estimate of drug-likeness (QED) is 0.420. The number of hydrogen-bond donors (Lipinski definition) is 2. The largest absolute Gasteiger partial charge is 0.476 e. The Kier molecular flexibility index (Phi) is 7.58. The molecule has 11 heteroatoms. The monoisotopic (exact) mass is 479 g/mol. The first-order valence-electron chi connectivity index (χ1n) is 8.62. The summed E-state index contributed by atoms with van der Waals surface area (Å²) in [5.41, 5.74) is 7.33. The highest BCUT2D eigenvalue weighted by atomic mass is 79.9. The Morgan fingerprint density at radius 1 is 1.28 bits per heavy atom. The molecule has 0 aliphatic carbocycles. The van der Waals surface area contributed by atoms with Gasteiger partial charge in [0.2, 0.25) is 10.9 Å². The number of rotatable bonds is 10. The third kappa shape index (κ3) is 6.26. The normalized spacial score (nSPS) is 11.9. The van der Waals surface area contributed by atoms with Gasteiger partial charge in [0.25, 0.3) is 0 Å². The van der Waals surface area contributed by atoms with E-state index in [2.05, 4.69) is 35.9 Å². The minimum absolute atomic E-state index is 0.00142. The van der Waals surface area contributed by atoms with Crippen LogP contribution in [0.3, 0.4) is 0 Å². The molecule has 0 fully saturated rings. The van der Waals surface area contributed by atoms with Crippen LogP contribution in [0.4, 0.5) is 0 Å². The maximum Gasteiger partial charge on any atom is 0.365 e. The molecule has 0 aliphatic rings. The van der Waals surface area contributed by atoms with Gasteiger partial charge in [-0.2, -0.15) is 0 Å². The van der Waals surface area contributed by atoms with Crippen molar-refractivity contribution in [3.8, 4) is 16.5 Å². The van der Waals surface area contributed by atoms with Crippen molar-refractivity contribution in [3.05, 3.63) is 52.1 Å². The van der Waals surface area contributed by atoms with E-state index in [-0.39, 0.29) is 11.0 Å². The number of thiazole rings is 1. The van der Waals surface area contributed by atoms with E-state index >= 15 is 0 Å². The summed E-state index contributed by atoms with van der Waals surface area (Å²) in [6, 6.07) is 3.41. The Labute approximate surface area is 179 Å². The van der Waals surface area contributed by atoms with Crippen molar-refractivity contribution < 1.29 is 19.4 Å². The van der Waals surface area contributed by atoms with Crippen molar-refractivity contribution in [2.24, 2.45) is 5.73 Å². The van der Waals surface area contributed by atoms with Gasteiger partial charge in [0, 0.05) is 29.9 Å². The first-order valence-corrected chi connectivity index (χ1v) is 10.2. The fraction of sp³-hybridized carbons (Fsp3) is 0.278. The summed E-state index contributed by atoms with van der Waals surface area (Å²) in [4.78, 5) is 28.0. The molecule has 0 amide bonds. The zero-order valence-corrected chi connectivity index (χ0v) is 17.6. The van der Waals surface area contributed by atoms with Crippen LogP contribution in [-0.2, 0) is 4.74 Å². The number of carbonyl (C=O) groups is 1. The molecule has 0 aliphatic heterocycles. The highest BCUT2D eigenvalue weighted by Gasteiger charge is 2.12. The van der Waals surface area contributed by atoms with Crippen LogP contribution in [0.15, 0.2) is 41.4 Å². The van der Waals surface area contributed by atoms with E-state index < -0.39 is 5.97 Å². The van der Waals surface area contributed by atoms with E-state index in [0.29, 0.717) is 42.7 Å². The van der Waals surface area contributed by atoms with Gasteiger partial charge in [0.1, 0.15) is 5.69 Å². The summed E-state index contributed by atoms with van der Waals surface area (Å²) >= 11 is 4.42. The second-order valence-corrected chi connectivity index (χ2v) is 7.81. The highest BCUT2D eigenvalue weighted by molar-refractivity contribution is 9.10. The number of carboxylic acids is 1. The van der Waals surface area contributed by atoms with Gasteiger partial charge in [0.15, 0.2) is 0 Å². The predicted octanol–water partition coefficient (Wildman–Crippen LogP) is 2.94. The first-order chi connectivity index (χ1) is 14.0. The van der Waals surface area contributed by atoms with Gasteiger partial charge >= 0.3 is 5.97 Å². The molecule has 3 aromatic heterocycles. The predicted molar refractivity (Wildman–Crippen MR) is 110 cm³/mol. The molecule has 29 heavy (non-hydrogen) atoms. The number of halogens is 1. The van der Waals surface area contributed by atoms with Crippen molar-refractivity contribution in [2.75, 3.05) is 19.8 Å². The van der Waals surface area contributed by atoms with Crippen molar-refractivity contribution >= 4 is 33.2 Å². The first kappa shape index (κ1) is 21.2. The van der Waals surface area contributed by atoms with Crippen molar-refractivity contribution in [3.63, 3.8) is 0 Å². The average molecular weight is 480 g/mol. The van der Waals surface area contributed by atoms with Gasteiger partial charge < -0.3 is 20.3 Å². The van der Waals surface area contributed by atoms with Crippen molar-refractivity contribution in [1.29, 1.82) is 0 Å². The number of nitrogens with two attached hydrogens (primary N) is 1. The molecule has 152 valence electrons. The molecule has 0 saturated heterocycles. The van der Waals surface area contributed by atoms with Crippen LogP contribution in [0.1, 0.15) is 28.0 Å². The topological polar surface area (TPSA) is 133 Å². The third-order valence-corrected chi connectivity index (χ3v) is 5.16. The van der Waals surface area contributed by atoms with Crippen LogP contribution in [0.2, 0.25) is 0 Å². The van der Waals surface area contributed by atoms with Crippen molar-refractivity contribution in [1.82, 2.24) is 19.9 Å². The van der Waals surface area contributed by atoms with E-state index in [4.69, 9.17) is 20.3 Å². The Balaban J connectivity index is 1.41. The lowest BCUT2D eigenvalue weighted by molar-refractivity contribution is 0.0696. The van der Waals surface area contributed by atoms with Crippen LogP contribution in [-0.4, -0.2) is 50.8 Å². The molecule has 3 heterocycles. The standard InChI is InChI=1S/C18H18BrN5O4S/c19-11-2-3-22-13(6-11)12(20)10-27-4-1-5-28-16-9-21-7-14(24-16)15-8-23-17(29-15)18(25)26/h2-3,6-9,12H,1,4-5,10,20H2,(H,25,26). The van der Waals surface area contributed by atoms with Crippen LogP contribution in [0.25, 0.3) is 10.6 Å². The Hall–Kier alpha value is -2.47. The molecule has 0 radical (unpaired) electrons. The Morgan fingerprint density at radius 2 is 2.14 bits per heavy atom. The molecule has 0 aromatic carbocycles. The molecule has 1 atom stereocenters. The average Bonchev–Trinajstić information content (AvgIpc) is 3.21. The lowest BCUT2D eigenvalue weighted by Crippen LogP contribution is -2.19. The van der Waals surface area contributed by atoms with Gasteiger partial charge in [-0.25, -0.2) is 14.8 Å². The van der Waals surface area contributed by atoms with Gasteiger partial charge in [0.05, 0.1) is 42.2 Å². The molecule has 9 nitrogen and oxygen atoms in total. The molecular formula is C18H18BrN5O4S. The molecule has 3 aromatic rings. The SMILES string of the molecule is NC(COCCCOc1cncc(-c2cnc(C(=O)O)s2)n1)c1cc(Br)ccn1. The Morgan fingerprint density at radius 3 is 2.90 bits per heavy atom. The minimum Gasteiger partial charge on any atom is -0.476 e. The number of nitrogens with zero attached hydrogens (tertiary/aromatic N) is 4. The zero-order chi connectivity index (χ0) is 20.6. The van der Waals surface area contributed by atoms with Crippen LogP contribution in [0, 0.1) is 0 Å². The molecule has 3 rings (SSSR count).